The van der Waals surface area contributed by atoms with Crippen molar-refractivity contribution in [1.29, 1.82) is 0 Å². The highest BCUT2D eigenvalue weighted by Crippen LogP contribution is 2.46. The fourth-order valence-corrected chi connectivity index (χ4v) is 4.62. The molecule has 0 unspecified atom stereocenters. The predicted molar refractivity (Wildman–Crippen MR) is 127 cm³/mol. The first-order chi connectivity index (χ1) is 15.7. The van der Waals surface area contributed by atoms with Crippen LogP contribution in [0.25, 0.3) is 11.1 Å². The van der Waals surface area contributed by atoms with E-state index in [1.54, 1.807) is 0 Å². The molecule has 0 aliphatic carbocycles. The Morgan fingerprint density at radius 3 is 2.41 bits per heavy atom. The van der Waals surface area contributed by atoms with Gasteiger partial charge < -0.3 is 9.47 Å². The molecule has 164 valence electrons. The summed E-state index contributed by atoms with van der Waals surface area (Å²) in [7, 11) is 0. The highest BCUT2D eigenvalue weighted by Gasteiger charge is 2.29. The standard InChI is InChI=1S/C28H28FNO2/c1-20-25-9-5-6-10-26(25)32-28(27(20)22-7-3-2-4-8-22)23-11-13-24(14-12-23)31-16-15-30-18-21(17-29)19-30/h2-14,21,28H,15-19H2,1H3/t28-/m0/s1. The van der Waals surface area contributed by atoms with Crippen LogP contribution in [0.3, 0.4) is 0 Å². The summed E-state index contributed by atoms with van der Waals surface area (Å²) in [5.41, 5.74) is 5.84. The molecular formula is C28H28FNO2. The summed E-state index contributed by atoms with van der Waals surface area (Å²) in [4.78, 5) is 2.23. The van der Waals surface area contributed by atoms with E-state index in [0.717, 1.165) is 42.3 Å². The van der Waals surface area contributed by atoms with Crippen molar-refractivity contribution in [2.24, 2.45) is 5.92 Å². The Labute approximate surface area is 189 Å². The van der Waals surface area contributed by atoms with Gasteiger partial charge in [-0.2, -0.15) is 0 Å². The zero-order chi connectivity index (χ0) is 21.9. The second-order valence-corrected chi connectivity index (χ2v) is 8.60. The lowest BCUT2D eigenvalue weighted by Gasteiger charge is -2.37. The summed E-state index contributed by atoms with van der Waals surface area (Å²) in [5.74, 6) is 1.97. The van der Waals surface area contributed by atoms with Gasteiger partial charge in [0.05, 0.1) is 6.67 Å². The molecule has 0 radical (unpaired) electrons. The average molecular weight is 430 g/mol. The summed E-state index contributed by atoms with van der Waals surface area (Å²) in [6.07, 6.45) is -0.180. The molecule has 1 fully saturated rings. The van der Waals surface area contributed by atoms with Crippen molar-refractivity contribution in [1.82, 2.24) is 4.90 Å². The lowest BCUT2D eigenvalue weighted by molar-refractivity contribution is 0.0668. The third kappa shape index (κ3) is 4.15. The Balaban J connectivity index is 1.34. The van der Waals surface area contributed by atoms with Gasteiger partial charge in [-0.1, -0.05) is 60.7 Å². The molecule has 1 atom stereocenters. The van der Waals surface area contributed by atoms with E-state index < -0.39 is 0 Å². The lowest BCUT2D eigenvalue weighted by Crippen LogP contribution is -2.49. The smallest absolute Gasteiger partial charge is 0.150 e. The highest BCUT2D eigenvalue weighted by atomic mass is 19.1. The number of fused-ring (bicyclic) bond motifs is 1. The number of para-hydroxylation sites is 1. The van der Waals surface area contributed by atoms with E-state index in [9.17, 15) is 4.39 Å². The number of benzene rings is 3. The molecule has 0 bridgehead atoms. The summed E-state index contributed by atoms with van der Waals surface area (Å²) < 4.78 is 25.0. The normalized spacial score (nSPS) is 18.6. The lowest BCUT2D eigenvalue weighted by atomic mass is 9.86. The van der Waals surface area contributed by atoms with Crippen molar-refractivity contribution in [2.45, 2.75) is 13.0 Å². The van der Waals surface area contributed by atoms with Crippen molar-refractivity contribution in [3.8, 4) is 11.5 Å². The van der Waals surface area contributed by atoms with E-state index >= 15 is 0 Å². The van der Waals surface area contributed by atoms with E-state index in [0.29, 0.717) is 6.61 Å². The maximum Gasteiger partial charge on any atom is 0.150 e. The molecule has 2 heterocycles. The van der Waals surface area contributed by atoms with Gasteiger partial charge in [-0.3, -0.25) is 9.29 Å². The monoisotopic (exact) mass is 429 g/mol. The van der Waals surface area contributed by atoms with Gasteiger partial charge in [0, 0.05) is 36.7 Å². The number of likely N-dealkylation sites (tertiary alicyclic amines) is 1. The number of hydrogen-bond donors (Lipinski definition) is 0. The van der Waals surface area contributed by atoms with Crippen LogP contribution in [-0.2, 0) is 0 Å². The first-order valence-electron chi connectivity index (χ1n) is 11.3. The van der Waals surface area contributed by atoms with Crippen molar-refractivity contribution in [2.75, 3.05) is 32.9 Å². The highest BCUT2D eigenvalue weighted by molar-refractivity contribution is 5.95. The molecular weight excluding hydrogens is 401 g/mol. The second-order valence-electron chi connectivity index (χ2n) is 8.60. The molecule has 2 aliphatic heterocycles. The van der Waals surface area contributed by atoms with E-state index in [4.69, 9.17) is 9.47 Å². The first kappa shape index (κ1) is 20.8. The largest absolute Gasteiger partial charge is 0.492 e. The second kappa shape index (κ2) is 9.17. The van der Waals surface area contributed by atoms with Crippen LogP contribution < -0.4 is 9.47 Å². The number of alkyl halides is 1. The van der Waals surface area contributed by atoms with Gasteiger partial charge in [-0.15, -0.1) is 0 Å². The van der Waals surface area contributed by atoms with Crippen LogP contribution in [0.15, 0.2) is 78.9 Å². The topological polar surface area (TPSA) is 21.7 Å². The minimum atomic E-state index is -0.217. The number of nitrogens with zero attached hydrogens (tertiary/aromatic N) is 1. The van der Waals surface area contributed by atoms with Gasteiger partial charge >= 0.3 is 0 Å². The van der Waals surface area contributed by atoms with Gasteiger partial charge in [0.2, 0.25) is 0 Å². The van der Waals surface area contributed by atoms with Crippen molar-refractivity contribution < 1.29 is 13.9 Å². The van der Waals surface area contributed by atoms with E-state index in [1.807, 2.05) is 30.3 Å². The van der Waals surface area contributed by atoms with Crippen LogP contribution in [0.5, 0.6) is 11.5 Å². The Hall–Kier alpha value is -3.11. The summed E-state index contributed by atoms with van der Waals surface area (Å²) in [5, 5.41) is 0. The summed E-state index contributed by atoms with van der Waals surface area (Å²) >= 11 is 0. The van der Waals surface area contributed by atoms with Gasteiger partial charge in [-0.25, -0.2) is 0 Å². The van der Waals surface area contributed by atoms with Crippen LogP contribution in [0, 0.1) is 5.92 Å². The Bertz CT molecular complexity index is 1090. The summed E-state index contributed by atoms with van der Waals surface area (Å²) in [6.45, 7) is 5.09. The molecule has 32 heavy (non-hydrogen) atoms. The number of halogens is 1. The molecule has 3 nitrogen and oxygen atoms in total. The maximum absolute atomic E-state index is 12.6. The van der Waals surface area contributed by atoms with Gasteiger partial charge in [0.15, 0.2) is 0 Å². The zero-order valence-electron chi connectivity index (χ0n) is 18.3. The Morgan fingerprint density at radius 1 is 0.938 bits per heavy atom. The molecule has 3 aromatic rings. The molecule has 4 heteroatoms. The molecule has 5 rings (SSSR count). The van der Waals surface area contributed by atoms with Crippen LogP contribution in [0.1, 0.15) is 29.7 Å². The van der Waals surface area contributed by atoms with Gasteiger partial charge in [0.25, 0.3) is 0 Å². The molecule has 1 saturated heterocycles. The number of hydrogen-bond acceptors (Lipinski definition) is 3. The number of ether oxygens (including phenoxy) is 2. The fourth-order valence-electron chi connectivity index (χ4n) is 4.62. The molecule has 0 saturated carbocycles. The van der Waals surface area contributed by atoms with Crippen LogP contribution in [0.2, 0.25) is 0 Å². The minimum Gasteiger partial charge on any atom is -0.492 e. The maximum atomic E-state index is 12.6. The van der Waals surface area contributed by atoms with E-state index in [-0.39, 0.29) is 18.7 Å². The van der Waals surface area contributed by atoms with Crippen molar-refractivity contribution in [3.63, 3.8) is 0 Å². The van der Waals surface area contributed by atoms with Crippen LogP contribution in [0.4, 0.5) is 4.39 Å². The van der Waals surface area contributed by atoms with Crippen molar-refractivity contribution in [3.05, 3.63) is 95.6 Å². The van der Waals surface area contributed by atoms with Crippen LogP contribution >= 0.6 is 0 Å². The SMILES string of the molecule is CC1=C(c2ccccc2)[C@H](c2ccc(OCCN3CC(CF)C3)cc2)Oc2ccccc21. The third-order valence-corrected chi connectivity index (χ3v) is 6.40. The number of allylic oxidation sites excluding steroid dienone is 1. The summed E-state index contributed by atoms with van der Waals surface area (Å²) in [6, 6.07) is 26.9. The minimum absolute atomic E-state index is 0.180. The van der Waals surface area contributed by atoms with Gasteiger partial charge in [0.1, 0.15) is 24.2 Å². The Kier molecular flexibility index (Phi) is 5.95. The molecule has 3 aromatic carbocycles. The molecule has 0 amide bonds. The quantitative estimate of drug-likeness (QED) is 0.458. The number of rotatable bonds is 7. The molecule has 2 aliphatic rings. The third-order valence-electron chi connectivity index (χ3n) is 6.40. The van der Waals surface area contributed by atoms with E-state index in [2.05, 4.69) is 60.4 Å². The molecule has 0 N–H and O–H groups in total. The molecule has 0 spiro atoms. The van der Waals surface area contributed by atoms with Crippen LogP contribution in [-0.4, -0.2) is 37.8 Å². The predicted octanol–water partition coefficient (Wildman–Crippen LogP) is 6.03. The van der Waals surface area contributed by atoms with Crippen molar-refractivity contribution >= 4 is 11.1 Å². The Morgan fingerprint density at radius 2 is 1.66 bits per heavy atom. The average Bonchev–Trinajstić information content (AvgIpc) is 2.81. The zero-order valence-corrected chi connectivity index (χ0v) is 18.3. The first-order valence-corrected chi connectivity index (χ1v) is 11.3. The fraction of sp³-hybridized carbons (Fsp3) is 0.286. The van der Waals surface area contributed by atoms with Gasteiger partial charge in [-0.05, 0) is 41.8 Å². The molecule has 0 aromatic heterocycles. The van der Waals surface area contributed by atoms with E-state index in [1.165, 1.54) is 16.7 Å².